The van der Waals surface area contributed by atoms with Gasteiger partial charge in [-0.2, -0.15) is 0 Å². The number of fused-ring (bicyclic) bond motifs is 2. The first-order chi connectivity index (χ1) is 20.4. The zero-order valence-corrected chi connectivity index (χ0v) is 25.9. The molecule has 2 bridgehead atoms. The molecule has 43 heavy (non-hydrogen) atoms. The van der Waals surface area contributed by atoms with Crippen molar-refractivity contribution in [3.05, 3.63) is 70.8 Å². The van der Waals surface area contributed by atoms with E-state index in [9.17, 15) is 14.4 Å². The van der Waals surface area contributed by atoms with Crippen molar-refractivity contribution >= 4 is 40.1 Å². The van der Waals surface area contributed by atoms with E-state index in [0.29, 0.717) is 5.56 Å². The van der Waals surface area contributed by atoms with Crippen LogP contribution in [0.4, 0.5) is 16.2 Å². The maximum absolute atomic E-state index is 13.9. The summed E-state index contributed by atoms with van der Waals surface area (Å²) < 4.78 is 5.63. The Morgan fingerprint density at radius 1 is 1.02 bits per heavy atom. The highest BCUT2D eigenvalue weighted by Crippen LogP contribution is 2.51. The predicted octanol–water partition coefficient (Wildman–Crippen LogP) is 6.13. The molecule has 2 atom stereocenters. The third-order valence-electron chi connectivity index (χ3n) is 9.49. The minimum absolute atomic E-state index is 0.0404. The van der Waals surface area contributed by atoms with Crippen LogP contribution in [-0.2, 0) is 10.3 Å². The molecule has 1 aliphatic carbocycles. The van der Waals surface area contributed by atoms with E-state index in [2.05, 4.69) is 28.4 Å². The van der Waals surface area contributed by atoms with Gasteiger partial charge in [-0.15, -0.1) is 0 Å². The van der Waals surface area contributed by atoms with Crippen molar-refractivity contribution in [1.29, 1.82) is 0 Å². The van der Waals surface area contributed by atoms with Gasteiger partial charge in [0.2, 0.25) is 0 Å². The number of nitrogens with one attached hydrogen (secondary N) is 1. The number of piperazine rings is 1. The lowest BCUT2D eigenvalue weighted by Gasteiger charge is -2.56. The van der Waals surface area contributed by atoms with Crippen LogP contribution in [0.25, 0.3) is 10.8 Å². The number of carbonyl (C=O) groups excluding carboxylic acids is 3. The largest absolute Gasteiger partial charge is 0.444 e. The Hall–Kier alpha value is -4.07. The molecule has 1 N–H and O–H groups in total. The van der Waals surface area contributed by atoms with Crippen molar-refractivity contribution in [2.45, 2.75) is 90.1 Å². The topological polar surface area (TPSA) is 82.2 Å². The molecule has 0 spiro atoms. The normalized spacial score (nSPS) is 21.7. The lowest BCUT2D eigenvalue weighted by atomic mass is 9.87. The number of nitrogens with zero attached hydrogens (tertiary/aromatic N) is 3. The Bertz CT molecular complexity index is 1670. The van der Waals surface area contributed by atoms with Gasteiger partial charge in [-0.05, 0) is 102 Å². The summed E-state index contributed by atoms with van der Waals surface area (Å²) in [6.45, 7) is 13.2. The average Bonchev–Trinajstić information content (AvgIpc) is 3.65. The molecule has 0 aromatic heterocycles. The fourth-order valence-electron chi connectivity index (χ4n) is 7.29. The van der Waals surface area contributed by atoms with Gasteiger partial charge < -0.3 is 19.9 Å². The quantitative estimate of drug-likeness (QED) is 0.393. The SMILES string of the molecule is Cc1ccc(N2CC3CC(C2)N3C(=O)OC(C)(C)C)cc1C(=O)NC1(c2ccc3c4c(cccc24)C(=O)N3C(C)C)CC1. The number of piperidine rings is 1. The molecule has 2 unspecified atom stereocenters. The van der Waals surface area contributed by atoms with E-state index in [-0.39, 0.29) is 36.0 Å². The summed E-state index contributed by atoms with van der Waals surface area (Å²) in [6.07, 6.45) is 2.45. The molecule has 8 heteroatoms. The van der Waals surface area contributed by atoms with Gasteiger partial charge in [-0.3, -0.25) is 14.5 Å². The second-order valence-corrected chi connectivity index (χ2v) is 14.0. The molecular formula is C35H40N4O4. The molecule has 0 radical (unpaired) electrons. The van der Waals surface area contributed by atoms with Gasteiger partial charge in [0.15, 0.2) is 0 Å². The number of ether oxygens (including phenoxy) is 1. The second-order valence-electron chi connectivity index (χ2n) is 14.0. The summed E-state index contributed by atoms with van der Waals surface area (Å²) in [4.78, 5) is 45.9. The van der Waals surface area contributed by atoms with Crippen LogP contribution in [0.15, 0.2) is 48.5 Å². The zero-order valence-electron chi connectivity index (χ0n) is 25.9. The Labute approximate surface area is 253 Å². The van der Waals surface area contributed by atoms with E-state index in [1.165, 1.54) is 0 Å². The molecular weight excluding hydrogens is 540 g/mol. The van der Waals surface area contributed by atoms with Crippen molar-refractivity contribution in [1.82, 2.24) is 10.2 Å². The van der Waals surface area contributed by atoms with E-state index in [0.717, 1.165) is 71.2 Å². The molecule has 8 rings (SSSR count). The van der Waals surface area contributed by atoms with E-state index in [4.69, 9.17) is 4.74 Å². The third-order valence-corrected chi connectivity index (χ3v) is 9.49. The average molecular weight is 581 g/mol. The minimum atomic E-state index is -0.516. The smallest absolute Gasteiger partial charge is 0.410 e. The summed E-state index contributed by atoms with van der Waals surface area (Å²) >= 11 is 0. The molecule has 3 amide bonds. The van der Waals surface area contributed by atoms with Gasteiger partial charge >= 0.3 is 6.09 Å². The molecule has 3 aromatic rings. The van der Waals surface area contributed by atoms with Crippen molar-refractivity contribution < 1.29 is 19.1 Å². The molecule has 8 nitrogen and oxygen atoms in total. The maximum Gasteiger partial charge on any atom is 0.410 e. The minimum Gasteiger partial charge on any atom is -0.444 e. The van der Waals surface area contributed by atoms with E-state index in [1.54, 1.807) is 0 Å². The standard InChI is InChI=1S/C35H40N4O4/c1-20(2)38-29-13-12-28(25-8-7-9-26(30(25)29)32(38)41)35(14-15-35)36-31(40)27-17-22(11-10-21(27)3)37-18-23-16-24(19-37)39(23)33(42)43-34(4,5)6/h7-13,17,20,23-24H,14-16,18-19H2,1-6H3,(H,36,40). The molecule has 1 saturated carbocycles. The summed E-state index contributed by atoms with van der Waals surface area (Å²) in [6, 6.07) is 16.5. The number of rotatable bonds is 5. The van der Waals surface area contributed by atoms with Crippen molar-refractivity contribution in [2.24, 2.45) is 0 Å². The summed E-state index contributed by atoms with van der Waals surface area (Å²) in [5.41, 5.74) is 4.38. The zero-order chi connectivity index (χ0) is 30.4. The number of hydrogen-bond donors (Lipinski definition) is 1. The van der Waals surface area contributed by atoms with Crippen LogP contribution < -0.4 is 15.1 Å². The van der Waals surface area contributed by atoms with Crippen molar-refractivity contribution in [3.8, 4) is 0 Å². The highest BCUT2D eigenvalue weighted by Gasteiger charge is 2.50. The van der Waals surface area contributed by atoms with Crippen LogP contribution >= 0.6 is 0 Å². The van der Waals surface area contributed by atoms with Crippen LogP contribution in [0.3, 0.4) is 0 Å². The highest BCUT2D eigenvalue weighted by atomic mass is 16.6. The molecule has 3 saturated heterocycles. The van der Waals surface area contributed by atoms with Gasteiger partial charge in [0.25, 0.3) is 11.8 Å². The molecule has 4 aliphatic heterocycles. The predicted molar refractivity (Wildman–Crippen MR) is 168 cm³/mol. The van der Waals surface area contributed by atoms with E-state index in [1.807, 2.05) is 81.7 Å². The molecule has 4 fully saturated rings. The lowest BCUT2D eigenvalue weighted by molar-refractivity contribution is -0.0379. The fourth-order valence-corrected chi connectivity index (χ4v) is 7.29. The summed E-state index contributed by atoms with van der Waals surface area (Å²) in [7, 11) is 0. The van der Waals surface area contributed by atoms with Crippen LogP contribution in [0.5, 0.6) is 0 Å². The van der Waals surface area contributed by atoms with Gasteiger partial charge in [-0.25, -0.2) is 4.79 Å². The van der Waals surface area contributed by atoms with Crippen molar-refractivity contribution in [2.75, 3.05) is 22.9 Å². The molecule has 4 heterocycles. The first-order valence-electron chi connectivity index (χ1n) is 15.5. The number of hydrogen-bond acceptors (Lipinski definition) is 5. The number of amides is 3. The number of carbonyl (C=O) groups is 3. The third kappa shape index (κ3) is 4.45. The second kappa shape index (κ2) is 9.46. The first-order valence-corrected chi connectivity index (χ1v) is 15.5. The summed E-state index contributed by atoms with van der Waals surface area (Å²) in [5.74, 6) is -0.0452. The summed E-state index contributed by atoms with van der Waals surface area (Å²) in [5, 5.41) is 5.43. The van der Waals surface area contributed by atoms with Gasteiger partial charge in [0, 0.05) is 41.3 Å². The van der Waals surface area contributed by atoms with Gasteiger partial charge in [-0.1, -0.05) is 24.3 Å². The van der Waals surface area contributed by atoms with Gasteiger partial charge in [0.1, 0.15) is 5.60 Å². The number of aryl methyl sites for hydroxylation is 1. The van der Waals surface area contributed by atoms with Crippen molar-refractivity contribution in [3.63, 3.8) is 0 Å². The number of anilines is 2. The van der Waals surface area contributed by atoms with Crippen LogP contribution in [0.2, 0.25) is 0 Å². The van der Waals surface area contributed by atoms with Crippen LogP contribution in [-0.4, -0.2) is 59.6 Å². The lowest BCUT2D eigenvalue weighted by Crippen LogP contribution is -2.70. The van der Waals surface area contributed by atoms with Crippen LogP contribution in [0.1, 0.15) is 85.7 Å². The maximum atomic E-state index is 13.9. The Balaban J connectivity index is 1.12. The van der Waals surface area contributed by atoms with E-state index >= 15 is 0 Å². The fraction of sp³-hybridized carbons (Fsp3) is 0.457. The van der Waals surface area contributed by atoms with Crippen LogP contribution in [0, 0.1) is 6.92 Å². The van der Waals surface area contributed by atoms with E-state index < -0.39 is 11.1 Å². The Kier molecular flexibility index (Phi) is 6.11. The first kappa shape index (κ1) is 27.7. The number of benzene rings is 3. The molecule has 3 aromatic carbocycles. The highest BCUT2D eigenvalue weighted by molar-refractivity contribution is 6.25. The van der Waals surface area contributed by atoms with Gasteiger partial charge in [0.05, 0.1) is 23.3 Å². The Morgan fingerprint density at radius 3 is 2.40 bits per heavy atom. The molecule has 5 aliphatic rings. The monoisotopic (exact) mass is 580 g/mol. The Morgan fingerprint density at radius 2 is 1.74 bits per heavy atom. The molecule has 224 valence electrons.